The Balaban J connectivity index is 2.53. The summed E-state index contributed by atoms with van der Waals surface area (Å²) in [5.41, 5.74) is 6.04. The first-order chi connectivity index (χ1) is 9.02. The maximum Gasteiger partial charge on any atom is 0.275 e. The van der Waals surface area contributed by atoms with Gasteiger partial charge in [-0.15, -0.1) is 0 Å². The van der Waals surface area contributed by atoms with Gasteiger partial charge in [0.25, 0.3) is 5.56 Å². The first-order valence-electron chi connectivity index (χ1n) is 5.31. The standard InChI is InChI=1S/C12H11ClN4O2/c1-19-10-3-2-6(4-8(10)13)9-5-7(11(14)15)12(18)17-16-9/h2-5H,1H3,(H3,14,15)(H,17,18). The summed E-state index contributed by atoms with van der Waals surface area (Å²) in [6, 6.07) is 6.54. The Morgan fingerprint density at radius 2 is 2.21 bits per heavy atom. The van der Waals surface area contributed by atoms with Gasteiger partial charge >= 0.3 is 0 Å². The predicted octanol–water partition coefficient (Wildman–Crippen LogP) is 1.38. The molecule has 0 amide bonds. The maximum atomic E-state index is 11.4. The topological polar surface area (TPSA) is 105 Å². The van der Waals surface area contributed by atoms with Crippen molar-refractivity contribution in [2.75, 3.05) is 7.11 Å². The fourth-order valence-electron chi connectivity index (χ4n) is 1.58. The number of halogens is 1. The molecule has 4 N–H and O–H groups in total. The lowest BCUT2D eigenvalue weighted by atomic mass is 10.1. The number of methoxy groups -OCH3 is 1. The Bertz CT molecular complexity index is 696. The summed E-state index contributed by atoms with van der Waals surface area (Å²) in [5.74, 6) is 0.228. The molecule has 0 unspecified atom stereocenters. The number of rotatable bonds is 3. The average Bonchev–Trinajstić information content (AvgIpc) is 2.38. The predicted molar refractivity (Wildman–Crippen MR) is 72.9 cm³/mol. The van der Waals surface area contributed by atoms with Crippen LogP contribution in [-0.2, 0) is 0 Å². The molecule has 2 aromatic rings. The fourth-order valence-corrected chi connectivity index (χ4v) is 1.84. The molecule has 0 spiro atoms. The molecule has 1 aromatic heterocycles. The van der Waals surface area contributed by atoms with E-state index in [9.17, 15) is 4.79 Å². The van der Waals surface area contributed by atoms with E-state index in [-0.39, 0.29) is 11.4 Å². The highest BCUT2D eigenvalue weighted by Gasteiger charge is 2.09. The number of amidine groups is 1. The van der Waals surface area contributed by atoms with Crippen LogP contribution in [0, 0.1) is 5.41 Å². The summed E-state index contributed by atoms with van der Waals surface area (Å²) in [6.07, 6.45) is 0. The number of aromatic amines is 1. The van der Waals surface area contributed by atoms with Gasteiger partial charge in [-0.05, 0) is 24.3 Å². The molecular weight excluding hydrogens is 268 g/mol. The largest absolute Gasteiger partial charge is 0.495 e. The first-order valence-corrected chi connectivity index (χ1v) is 5.68. The second-order valence-electron chi connectivity index (χ2n) is 3.76. The third kappa shape index (κ3) is 2.58. The van der Waals surface area contributed by atoms with Gasteiger partial charge in [0.05, 0.1) is 23.4 Å². The van der Waals surface area contributed by atoms with Gasteiger partial charge in [0.1, 0.15) is 11.6 Å². The quantitative estimate of drug-likeness (QED) is 0.583. The molecule has 6 nitrogen and oxygen atoms in total. The summed E-state index contributed by atoms with van der Waals surface area (Å²) in [4.78, 5) is 11.4. The van der Waals surface area contributed by atoms with Gasteiger partial charge in [-0.25, -0.2) is 5.10 Å². The van der Waals surface area contributed by atoms with Crippen LogP contribution in [0.5, 0.6) is 5.75 Å². The number of benzene rings is 1. The van der Waals surface area contributed by atoms with Crippen LogP contribution in [0.3, 0.4) is 0 Å². The lowest BCUT2D eigenvalue weighted by molar-refractivity contribution is 0.415. The van der Waals surface area contributed by atoms with Crippen molar-refractivity contribution in [2.24, 2.45) is 5.73 Å². The SMILES string of the molecule is COc1ccc(-c2cc(C(=N)N)c(=O)[nH]n2)cc1Cl. The lowest BCUT2D eigenvalue weighted by Gasteiger charge is -2.06. The smallest absolute Gasteiger partial charge is 0.275 e. The second-order valence-corrected chi connectivity index (χ2v) is 4.17. The van der Waals surface area contributed by atoms with Crippen molar-refractivity contribution >= 4 is 17.4 Å². The number of ether oxygens (including phenoxy) is 1. The van der Waals surface area contributed by atoms with Gasteiger partial charge in [-0.1, -0.05) is 11.6 Å². The molecule has 1 aromatic carbocycles. The van der Waals surface area contributed by atoms with E-state index in [2.05, 4.69) is 10.2 Å². The van der Waals surface area contributed by atoms with Gasteiger partial charge in [-0.3, -0.25) is 10.2 Å². The van der Waals surface area contributed by atoms with E-state index in [1.165, 1.54) is 13.2 Å². The van der Waals surface area contributed by atoms with Crippen LogP contribution in [-0.4, -0.2) is 23.1 Å². The highest BCUT2D eigenvalue weighted by molar-refractivity contribution is 6.32. The molecule has 0 aliphatic rings. The van der Waals surface area contributed by atoms with Gasteiger partial charge in [0, 0.05) is 5.56 Å². The van der Waals surface area contributed by atoms with Crippen molar-refractivity contribution in [1.29, 1.82) is 5.41 Å². The first kappa shape index (κ1) is 13.1. The number of nitrogen functional groups attached to an aromatic ring is 1. The molecule has 0 bridgehead atoms. The van der Waals surface area contributed by atoms with Crippen LogP contribution >= 0.6 is 11.6 Å². The molecule has 7 heteroatoms. The van der Waals surface area contributed by atoms with Crippen LogP contribution in [0.4, 0.5) is 0 Å². The minimum absolute atomic E-state index is 0.0666. The number of hydrogen-bond acceptors (Lipinski definition) is 4. The fraction of sp³-hybridized carbons (Fsp3) is 0.0833. The summed E-state index contributed by atoms with van der Waals surface area (Å²) in [5, 5.41) is 13.9. The molecule has 0 aliphatic carbocycles. The molecular formula is C12H11ClN4O2. The third-order valence-electron chi connectivity index (χ3n) is 2.54. The average molecular weight is 279 g/mol. The van der Waals surface area contributed by atoms with Crippen molar-refractivity contribution in [1.82, 2.24) is 10.2 Å². The summed E-state index contributed by atoms with van der Waals surface area (Å²) >= 11 is 6.02. The van der Waals surface area contributed by atoms with Crippen molar-refractivity contribution < 1.29 is 4.74 Å². The molecule has 0 radical (unpaired) electrons. The van der Waals surface area contributed by atoms with Crippen LogP contribution in [0.25, 0.3) is 11.3 Å². The number of nitrogens with zero attached hydrogens (tertiary/aromatic N) is 1. The lowest BCUT2D eigenvalue weighted by Crippen LogP contribution is -2.24. The van der Waals surface area contributed by atoms with Gasteiger partial charge in [0.2, 0.25) is 0 Å². The van der Waals surface area contributed by atoms with Crippen molar-refractivity contribution in [2.45, 2.75) is 0 Å². The van der Waals surface area contributed by atoms with E-state index < -0.39 is 5.56 Å². The van der Waals surface area contributed by atoms with Crippen LogP contribution in [0.1, 0.15) is 5.56 Å². The third-order valence-corrected chi connectivity index (χ3v) is 2.84. The highest BCUT2D eigenvalue weighted by atomic mass is 35.5. The Kier molecular flexibility index (Phi) is 3.52. The van der Waals surface area contributed by atoms with Crippen molar-refractivity contribution in [3.8, 4) is 17.0 Å². The van der Waals surface area contributed by atoms with Gasteiger partial charge in [-0.2, -0.15) is 5.10 Å². The number of nitrogens with two attached hydrogens (primary N) is 1. The monoisotopic (exact) mass is 278 g/mol. The molecule has 2 rings (SSSR count). The van der Waals surface area contributed by atoms with Crippen molar-refractivity contribution in [3.63, 3.8) is 0 Å². The molecule has 19 heavy (non-hydrogen) atoms. The molecule has 1 heterocycles. The van der Waals surface area contributed by atoms with E-state index in [1.807, 2.05) is 0 Å². The highest BCUT2D eigenvalue weighted by Crippen LogP contribution is 2.29. The Morgan fingerprint density at radius 3 is 2.79 bits per heavy atom. The molecule has 0 atom stereocenters. The summed E-state index contributed by atoms with van der Waals surface area (Å²) in [6.45, 7) is 0. The van der Waals surface area contributed by atoms with E-state index in [0.717, 1.165) is 0 Å². The van der Waals surface area contributed by atoms with Crippen molar-refractivity contribution in [3.05, 3.63) is 45.2 Å². The molecule has 0 aliphatic heterocycles. The maximum absolute atomic E-state index is 11.4. The van der Waals surface area contributed by atoms with Gasteiger partial charge < -0.3 is 10.5 Å². The molecule has 98 valence electrons. The molecule has 0 fully saturated rings. The Morgan fingerprint density at radius 1 is 1.47 bits per heavy atom. The number of H-pyrrole nitrogens is 1. The minimum atomic E-state index is -0.504. The Labute approximate surface area is 113 Å². The van der Waals surface area contributed by atoms with E-state index in [1.54, 1.807) is 18.2 Å². The van der Waals surface area contributed by atoms with E-state index in [0.29, 0.717) is 22.0 Å². The normalized spacial score (nSPS) is 10.2. The summed E-state index contributed by atoms with van der Waals surface area (Å²) < 4.78 is 5.05. The number of nitrogens with one attached hydrogen (secondary N) is 2. The second kappa shape index (κ2) is 5.11. The zero-order valence-corrected chi connectivity index (χ0v) is 10.8. The zero-order chi connectivity index (χ0) is 14.0. The molecule has 0 saturated heterocycles. The molecule has 0 saturated carbocycles. The minimum Gasteiger partial charge on any atom is -0.495 e. The van der Waals surface area contributed by atoms with E-state index >= 15 is 0 Å². The van der Waals surface area contributed by atoms with Crippen LogP contribution in [0.15, 0.2) is 29.1 Å². The van der Waals surface area contributed by atoms with Crippen LogP contribution in [0.2, 0.25) is 5.02 Å². The number of hydrogen-bond donors (Lipinski definition) is 3. The van der Waals surface area contributed by atoms with Crippen LogP contribution < -0.4 is 16.0 Å². The number of aromatic nitrogens is 2. The Hall–Kier alpha value is -2.34. The van der Waals surface area contributed by atoms with Gasteiger partial charge in [0.15, 0.2) is 0 Å². The summed E-state index contributed by atoms with van der Waals surface area (Å²) in [7, 11) is 1.52. The van der Waals surface area contributed by atoms with E-state index in [4.69, 9.17) is 27.5 Å². The zero-order valence-electron chi connectivity index (χ0n) is 10.0.